The van der Waals surface area contributed by atoms with Gasteiger partial charge in [-0.2, -0.15) is 0 Å². The van der Waals surface area contributed by atoms with Gasteiger partial charge < -0.3 is 4.74 Å². The van der Waals surface area contributed by atoms with Crippen molar-refractivity contribution < 1.29 is 9.53 Å². The Balaban J connectivity index is 1.68. The number of rotatable bonds is 3. The van der Waals surface area contributed by atoms with Gasteiger partial charge in [0.2, 0.25) is 0 Å². The van der Waals surface area contributed by atoms with Crippen molar-refractivity contribution in [2.24, 2.45) is 0 Å². The first kappa shape index (κ1) is 14.7. The second-order valence-corrected chi connectivity index (χ2v) is 5.68. The number of carbonyl (C=O) groups is 1. The highest BCUT2D eigenvalue weighted by Gasteiger charge is 2.17. The molecule has 1 heterocycles. The van der Waals surface area contributed by atoms with Crippen LogP contribution < -0.4 is 0 Å². The molecule has 1 saturated carbocycles. The summed E-state index contributed by atoms with van der Waals surface area (Å²) in [6.45, 7) is 0. The van der Waals surface area contributed by atoms with E-state index in [1.54, 1.807) is 12.1 Å². The highest BCUT2D eigenvalue weighted by atomic mass is 16.5. The van der Waals surface area contributed by atoms with Crippen molar-refractivity contribution in [3.05, 3.63) is 36.2 Å². The van der Waals surface area contributed by atoms with Gasteiger partial charge in [-0.25, -0.2) is 9.48 Å². The van der Waals surface area contributed by atoms with Crippen LogP contribution in [-0.2, 0) is 4.74 Å². The normalized spacial score (nSPS) is 16.7. The van der Waals surface area contributed by atoms with Crippen LogP contribution in [0, 0.1) is 0 Å². The first-order valence-electron chi connectivity index (χ1n) is 7.87. The number of esters is 1. The lowest BCUT2D eigenvalue weighted by Gasteiger charge is -2.20. The maximum absolute atomic E-state index is 12.3. The SMILES string of the molecule is O=C(OC1CCCCCCC1)c1cccc(-n2cnnn2)c1. The molecule has 0 amide bonds. The van der Waals surface area contributed by atoms with E-state index in [1.807, 2.05) is 12.1 Å². The molecule has 116 valence electrons. The summed E-state index contributed by atoms with van der Waals surface area (Å²) in [5, 5.41) is 11.0. The van der Waals surface area contributed by atoms with Crippen LogP contribution in [0.4, 0.5) is 0 Å². The molecule has 0 bridgehead atoms. The van der Waals surface area contributed by atoms with Crippen molar-refractivity contribution in [3.63, 3.8) is 0 Å². The quantitative estimate of drug-likeness (QED) is 0.815. The Hall–Kier alpha value is -2.24. The highest BCUT2D eigenvalue weighted by Crippen LogP contribution is 2.21. The molecule has 1 fully saturated rings. The van der Waals surface area contributed by atoms with Crippen LogP contribution in [0.3, 0.4) is 0 Å². The van der Waals surface area contributed by atoms with Gasteiger partial charge in [0, 0.05) is 0 Å². The predicted molar refractivity (Wildman–Crippen MR) is 80.7 cm³/mol. The van der Waals surface area contributed by atoms with Crippen LogP contribution in [0.5, 0.6) is 0 Å². The van der Waals surface area contributed by atoms with Crippen molar-refractivity contribution in [1.82, 2.24) is 20.2 Å². The molecule has 22 heavy (non-hydrogen) atoms. The van der Waals surface area contributed by atoms with Crippen molar-refractivity contribution in [1.29, 1.82) is 0 Å². The Morgan fingerprint density at radius 3 is 2.64 bits per heavy atom. The largest absolute Gasteiger partial charge is 0.459 e. The monoisotopic (exact) mass is 300 g/mol. The maximum Gasteiger partial charge on any atom is 0.338 e. The zero-order valence-corrected chi connectivity index (χ0v) is 12.5. The fourth-order valence-corrected chi connectivity index (χ4v) is 2.81. The average molecular weight is 300 g/mol. The predicted octanol–water partition coefficient (Wildman–Crippen LogP) is 2.93. The van der Waals surface area contributed by atoms with Crippen molar-refractivity contribution in [2.45, 2.75) is 51.0 Å². The number of aromatic nitrogens is 4. The molecule has 6 heteroatoms. The molecule has 0 radical (unpaired) electrons. The molecule has 0 aliphatic heterocycles. The van der Waals surface area contributed by atoms with E-state index in [4.69, 9.17) is 4.74 Å². The van der Waals surface area contributed by atoms with Gasteiger partial charge in [-0.15, -0.1) is 5.10 Å². The molecule has 0 atom stereocenters. The summed E-state index contributed by atoms with van der Waals surface area (Å²) >= 11 is 0. The third-order valence-corrected chi connectivity index (χ3v) is 4.02. The van der Waals surface area contributed by atoms with Gasteiger partial charge in [-0.3, -0.25) is 0 Å². The maximum atomic E-state index is 12.3. The van der Waals surface area contributed by atoms with E-state index >= 15 is 0 Å². The van der Waals surface area contributed by atoms with E-state index in [0.29, 0.717) is 5.56 Å². The topological polar surface area (TPSA) is 69.9 Å². The Kier molecular flexibility index (Phi) is 4.78. The number of hydrogen-bond acceptors (Lipinski definition) is 5. The van der Waals surface area contributed by atoms with Crippen LogP contribution in [-0.4, -0.2) is 32.3 Å². The van der Waals surface area contributed by atoms with E-state index in [1.165, 1.54) is 30.3 Å². The van der Waals surface area contributed by atoms with Crippen LogP contribution in [0.15, 0.2) is 30.6 Å². The average Bonchev–Trinajstić information content (AvgIpc) is 3.04. The molecule has 1 aromatic heterocycles. The third-order valence-electron chi connectivity index (χ3n) is 4.02. The smallest absolute Gasteiger partial charge is 0.338 e. The Morgan fingerprint density at radius 1 is 1.14 bits per heavy atom. The van der Waals surface area contributed by atoms with Crippen LogP contribution in [0.2, 0.25) is 0 Å². The molecular formula is C16H20N4O2. The van der Waals surface area contributed by atoms with Gasteiger partial charge in [-0.1, -0.05) is 25.3 Å². The standard InChI is InChI=1S/C16H20N4O2/c21-16(22-15-9-4-2-1-3-5-10-15)13-7-6-8-14(11-13)20-12-17-18-19-20/h6-8,11-12,15H,1-5,9-10H2. The van der Waals surface area contributed by atoms with Crippen LogP contribution in [0.1, 0.15) is 55.3 Å². The van der Waals surface area contributed by atoms with Crippen molar-refractivity contribution in [2.75, 3.05) is 0 Å². The highest BCUT2D eigenvalue weighted by molar-refractivity contribution is 5.90. The Morgan fingerprint density at radius 2 is 1.91 bits per heavy atom. The second kappa shape index (κ2) is 7.15. The number of benzene rings is 1. The van der Waals surface area contributed by atoms with E-state index in [2.05, 4.69) is 15.5 Å². The minimum Gasteiger partial charge on any atom is -0.459 e. The van der Waals surface area contributed by atoms with E-state index in [0.717, 1.165) is 31.4 Å². The summed E-state index contributed by atoms with van der Waals surface area (Å²) < 4.78 is 7.21. The van der Waals surface area contributed by atoms with Crippen molar-refractivity contribution >= 4 is 5.97 Å². The summed E-state index contributed by atoms with van der Waals surface area (Å²) in [5.41, 5.74) is 1.28. The molecule has 0 unspecified atom stereocenters. The Bertz CT molecular complexity index is 604. The second-order valence-electron chi connectivity index (χ2n) is 5.68. The van der Waals surface area contributed by atoms with Crippen LogP contribution >= 0.6 is 0 Å². The van der Waals surface area contributed by atoms with Gasteiger partial charge in [0.25, 0.3) is 0 Å². The Labute approximate surface area is 129 Å². The van der Waals surface area contributed by atoms with Gasteiger partial charge in [0.15, 0.2) is 0 Å². The minimum atomic E-state index is -0.263. The molecule has 1 aromatic carbocycles. The zero-order valence-electron chi connectivity index (χ0n) is 12.5. The van der Waals surface area contributed by atoms with E-state index < -0.39 is 0 Å². The summed E-state index contributed by atoms with van der Waals surface area (Å²) in [6, 6.07) is 7.18. The molecule has 0 N–H and O–H groups in total. The number of tetrazole rings is 1. The molecule has 1 aliphatic carbocycles. The number of nitrogens with zero attached hydrogens (tertiary/aromatic N) is 4. The zero-order chi connectivity index (χ0) is 15.2. The lowest BCUT2D eigenvalue weighted by Crippen LogP contribution is -2.19. The molecule has 2 aromatic rings. The number of carbonyl (C=O) groups excluding carboxylic acids is 1. The molecule has 0 spiro atoms. The molecule has 3 rings (SSSR count). The van der Waals surface area contributed by atoms with Gasteiger partial charge >= 0.3 is 5.97 Å². The number of ether oxygens (including phenoxy) is 1. The van der Waals surface area contributed by atoms with E-state index in [-0.39, 0.29) is 12.1 Å². The first-order valence-corrected chi connectivity index (χ1v) is 7.87. The molecule has 6 nitrogen and oxygen atoms in total. The van der Waals surface area contributed by atoms with Crippen molar-refractivity contribution in [3.8, 4) is 5.69 Å². The van der Waals surface area contributed by atoms with Crippen LogP contribution in [0.25, 0.3) is 5.69 Å². The van der Waals surface area contributed by atoms with E-state index in [9.17, 15) is 4.79 Å². The van der Waals surface area contributed by atoms with Gasteiger partial charge in [0.1, 0.15) is 12.4 Å². The molecule has 1 aliphatic rings. The third kappa shape index (κ3) is 3.69. The lowest BCUT2D eigenvalue weighted by molar-refractivity contribution is 0.0239. The molecule has 0 saturated heterocycles. The fraction of sp³-hybridized carbons (Fsp3) is 0.500. The summed E-state index contributed by atoms with van der Waals surface area (Å²) in [7, 11) is 0. The summed E-state index contributed by atoms with van der Waals surface area (Å²) in [4.78, 5) is 12.3. The minimum absolute atomic E-state index is 0.0458. The fourth-order valence-electron chi connectivity index (χ4n) is 2.81. The lowest BCUT2D eigenvalue weighted by atomic mass is 9.98. The first-order chi connectivity index (χ1) is 10.8. The summed E-state index contributed by atoms with van der Waals surface area (Å²) in [5.74, 6) is -0.263. The summed E-state index contributed by atoms with van der Waals surface area (Å²) in [6.07, 6.45) is 9.55. The molecular weight excluding hydrogens is 280 g/mol. The van der Waals surface area contributed by atoms with Gasteiger partial charge in [0.05, 0.1) is 11.3 Å². The van der Waals surface area contributed by atoms with Gasteiger partial charge in [-0.05, 0) is 54.3 Å². The number of hydrogen-bond donors (Lipinski definition) is 0.